The minimum absolute atomic E-state index is 0.0475. The van der Waals surface area contributed by atoms with Crippen molar-refractivity contribution in [2.24, 2.45) is 0 Å². The minimum atomic E-state index is -1.20. The topological polar surface area (TPSA) is 81.4 Å². The third-order valence-electron chi connectivity index (χ3n) is 4.54. The van der Waals surface area contributed by atoms with Crippen molar-refractivity contribution in [2.45, 2.75) is 56.6 Å². The maximum absolute atomic E-state index is 12.5. The number of carboxylic acids is 1. The second-order valence-electron chi connectivity index (χ2n) is 5.95. The highest BCUT2D eigenvalue weighted by atomic mass is 16.5. The fourth-order valence-electron chi connectivity index (χ4n) is 3.16. The lowest BCUT2D eigenvalue weighted by Gasteiger charge is -2.30. The van der Waals surface area contributed by atoms with Crippen molar-refractivity contribution in [3.8, 4) is 0 Å². The summed E-state index contributed by atoms with van der Waals surface area (Å²) in [5, 5.41) is 9.14. The Balaban J connectivity index is 1.97. The van der Waals surface area contributed by atoms with Gasteiger partial charge in [-0.3, -0.25) is 9.36 Å². The lowest BCUT2D eigenvalue weighted by atomic mass is 9.92. The summed E-state index contributed by atoms with van der Waals surface area (Å²) in [5.74, 6) is -0.110. The zero-order valence-corrected chi connectivity index (χ0v) is 12.1. The van der Waals surface area contributed by atoms with Crippen LogP contribution in [0.25, 0.3) is 0 Å². The second-order valence-corrected chi connectivity index (χ2v) is 5.95. The molecule has 1 heterocycles. The van der Waals surface area contributed by atoms with E-state index in [2.05, 4.69) is 4.98 Å². The normalized spacial score (nSPS) is 25.8. The number of carboxylic acid groups (broad SMARTS) is 1. The summed E-state index contributed by atoms with van der Waals surface area (Å²) in [7, 11) is 1.71. The quantitative estimate of drug-likeness (QED) is 0.917. The van der Waals surface area contributed by atoms with Crippen LogP contribution in [0.5, 0.6) is 0 Å². The van der Waals surface area contributed by atoms with Crippen LogP contribution in [-0.4, -0.2) is 33.8 Å². The summed E-state index contributed by atoms with van der Waals surface area (Å²) in [6.45, 7) is 0. The van der Waals surface area contributed by atoms with Gasteiger partial charge in [0.2, 0.25) is 0 Å². The third-order valence-corrected chi connectivity index (χ3v) is 4.54. The predicted molar refractivity (Wildman–Crippen MR) is 75.7 cm³/mol. The number of rotatable bonds is 4. The molecular weight excluding hydrogens is 272 g/mol. The Morgan fingerprint density at radius 2 is 1.95 bits per heavy atom. The fourth-order valence-corrected chi connectivity index (χ4v) is 3.16. The van der Waals surface area contributed by atoms with Crippen LogP contribution in [-0.2, 0) is 4.74 Å². The molecule has 114 valence electrons. The molecule has 1 aromatic rings. The van der Waals surface area contributed by atoms with E-state index in [9.17, 15) is 9.59 Å². The highest BCUT2D eigenvalue weighted by molar-refractivity contribution is 5.86. The molecule has 0 saturated heterocycles. The molecule has 2 saturated carbocycles. The molecule has 0 atom stereocenters. The summed E-state index contributed by atoms with van der Waals surface area (Å²) >= 11 is 0. The highest BCUT2D eigenvalue weighted by Crippen LogP contribution is 2.40. The molecule has 21 heavy (non-hydrogen) atoms. The lowest BCUT2D eigenvalue weighted by molar-refractivity contribution is 0.0570. The Morgan fingerprint density at radius 1 is 1.29 bits per heavy atom. The summed E-state index contributed by atoms with van der Waals surface area (Å²) in [6.07, 6.45) is 7.00. The van der Waals surface area contributed by atoms with Crippen LogP contribution in [0, 0.1) is 0 Å². The standard InChI is InChI=1S/C15H20N2O4/c1-21-11-6-4-10(5-7-11)17-13(9-2-3-9)16-8-12(14(17)18)15(19)20/h8-11H,2-7H2,1H3,(H,19,20). The number of ether oxygens (including phenoxy) is 1. The summed E-state index contributed by atoms with van der Waals surface area (Å²) in [4.78, 5) is 28.0. The van der Waals surface area contributed by atoms with E-state index in [1.165, 1.54) is 6.20 Å². The number of aromatic nitrogens is 2. The molecule has 2 fully saturated rings. The van der Waals surface area contributed by atoms with Crippen molar-refractivity contribution in [1.29, 1.82) is 0 Å². The Morgan fingerprint density at radius 3 is 2.48 bits per heavy atom. The van der Waals surface area contributed by atoms with Crippen molar-refractivity contribution >= 4 is 5.97 Å². The van der Waals surface area contributed by atoms with Crippen molar-refractivity contribution in [1.82, 2.24) is 9.55 Å². The van der Waals surface area contributed by atoms with Crippen LogP contribution in [0.3, 0.4) is 0 Å². The minimum Gasteiger partial charge on any atom is -0.477 e. The van der Waals surface area contributed by atoms with E-state index in [0.29, 0.717) is 5.92 Å². The number of methoxy groups -OCH3 is 1. The van der Waals surface area contributed by atoms with Gasteiger partial charge in [0.05, 0.1) is 6.10 Å². The number of carbonyl (C=O) groups is 1. The molecule has 0 radical (unpaired) electrons. The van der Waals surface area contributed by atoms with E-state index in [1.54, 1.807) is 11.7 Å². The van der Waals surface area contributed by atoms with E-state index in [4.69, 9.17) is 9.84 Å². The SMILES string of the molecule is COC1CCC(n2c(C3CC3)ncc(C(=O)O)c2=O)CC1. The van der Waals surface area contributed by atoms with Crippen molar-refractivity contribution in [3.05, 3.63) is 27.9 Å². The zero-order chi connectivity index (χ0) is 15.0. The molecule has 0 spiro atoms. The van der Waals surface area contributed by atoms with Crippen LogP contribution in [0.15, 0.2) is 11.0 Å². The number of hydrogen-bond acceptors (Lipinski definition) is 4. The first-order valence-corrected chi connectivity index (χ1v) is 7.49. The van der Waals surface area contributed by atoms with E-state index in [1.807, 2.05) is 0 Å². The van der Waals surface area contributed by atoms with Gasteiger partial charge in [0.15, 0.2) is 0 Å². The largest absolute Gasteiger partial charge is 0.477 e. The summed E-state index contributed by atoms with van der Waals surface area (Å²) in [5.41, 5.74) is -0.631. The molecular formula is C15H20N2O4. The highest BCUT2D eigenvalue weighted by Gasteiger charge is 2.33. The molecule has 3 rings (SSSR count). The fraction of sp³-hybridized carbons (Fsp3) is 0.667. The van der Waals surface area contributed by atoms with Gasteiger partial charge >= 0.3 is 5.97 Å². The number of nitrogens with zero attached hydrogens (tertiary/aromatic N) is 2. The number of aromatic carboxylic acids is 1. The van der Waals surface area contributed by atoms with E-state index >= 15 is 0 Å². The second kappa shape index (κ2) is 5.60. The van der Waals surface area contributed by atoms with Gasteiger partial charge in [-0.1, -0.05) is 0 Å². The molecule has 1 aromatic heterocycles. The van der Waals surface area contributed by atoms with E-state index < -0.39 is 11.5 Å². The Bertz CT molecular complexity index is 598. The zero-order valence-electron chi connectivity index (χ0n) is 12.1. The maximum Gasteiger partial charge on any atom is 0.342 e. The lowest BCUT2D eigenvalue weighted by Crippen LogP contribution is -2.35. The first-order valence-electron chi connectivity index (χ1n) is 7.49. The third kappa shape index (κ3) is 2.72. The van der Waals surface area contributed by atoms with Gasteiger partial charge in [-0.05, 0) is 38.5 Å². The van der Waals surface area contributed by atoms with Gasteiger partial charge < -0.3 is 9.84 Å². The molecule has 0 aliphatic heterocycles. The molecule has 0 amide bonds. The molecule has 6 heteroatoms. The Labute approximate surface area is 122 Å². The predicted octanol–water partition coefficient (Wildman–Crippen LogP) is 1.95. The van der Waals surface area contributed by atoms with E-state index in [-0.39, 0.29) is 17.7 Å². The molecule has 6 nitrogen and oxygen atoms in total. The van der Waals surface area contributed by atoms with Gasteiger partial charge in [-0.2, -0.15) is 0 Å². The smallest absolute Gasteiger partial charge is 0.342 e. The Kier molecular flexibility index (Phi) is 3.80. The molecule has 0 aromatic carbocycles. The van der Waals surface area contributed by atoms with Crippen LogP contribution < -0.4 is 5.56 Å². The average molecular weight is 292 g/mol. The maximum atomic E-state index is 12.5. The molecule has 2 aliphatic carbocycles. The monoisotopic (exact) mass is 292 g/mol. The summed E-state index contributed by atoms with van der Waals surface area (Å²) < 4.78 is 7.02. The molecule has 2 aliphatic rings. The van der Waals surface area contributed by atoms with Gasteiger partial charge in [0, 0.05) is 25.3 Å². The first kappa shape index (κ1) is 14.3. The first-order chi connectivity index (χ1) is 10.1. The van der Waals surface area contributed by atoms with Gasteiger partial charge in [-0.25, -0.2) is 9.78 Å². The van der Waals surface area contributed by atoms with Crippen molar-refractivity contribution in [3.63, 3.8) is 0 Å². The van der Waals surface area contributed by atoms with E-state index in [0.717, 1.165) is 44.3 Å². The summed E-state index contributed by atoms with van der Waals surface area (Å²) in [6, 6.07) is 0.0475. The molecule has 0 unspecified atom stereocenters. The van der Waals surface area contributed by atoms with Gasteiger partial charge in [0.25, 0.3) is 5.56 Å². The number of hydrogen-bond donors (Lipinski definition) is 1. The van der Waals surface area contributed by atoms with Gasteiger partial charge in [0.1, 0.15) is 11.4 Å². The van der Waals surface area contributed by atoms with Crippen LogP contribution >= 0.6 is 0 Å². The average Bonchev–Trinajstić information content (AvgIpc) is 3.31. The van der Waals surface area contributed by atoms with Crippen LogP contribution in [0.4, 0.5) is 0 Å². The van der Waals surface area contributed by atoms with Crippen molar-refractivity contribution in [2.75, 3.05) is 7.11 Å². The van der Waals surface area contributed by atoms with Crippen LogP contribution in [0.1, 0.15) is 66.7 Å². The van der Waals surface area contributed by atoms with Crippen molar-refractivity contribution < 1.29 is 14.6 Å². The molecule has 1 N–H and O–H groups in total. The van der Waals surface area contributed by atoms with Gasteiger partial charge in [-0.15, -0.1) is 0 Å². The Hall–Kier alpha value is -1.69. The molecule has 0 bridgehead atoms. The van der Waals surface area contributed by atoms with Crippen LogP contribution in [0.2, 0.25) is 0 Å².